The van der Waals surface area contributed by atoms with E-state index >= 15 is 0 Å². The van der Waals surface area contributed by atoms with Crippen molar-refractivity contribution < 1.29 is 29.3 Å². The molecule has 1 aromatic carbocycles. The number of hydrogen-bond acceptors (Lipinski definition) is 6. The van der Waals surface area contributed by atoms with Gasteiger partial charge in [0.25, 0.3) is 0 Å². The Kier molecular flexibility index (Phi) is 7.12. The van der Waals surface area contributed by atoms with Crippen molar-refractivity contribution in [3.05, 3.63) is 42.0 Å². The number of para-hydroxylation sites is 1. The Hall–Kier alpha value is -2.71. The van der Waals surface area contributed by atoms with E-state index in [1.807, 2.05) is 12.2 Å². The highest BCUT2D eigenvalue weighted by Crippen LogP contribution is 2.50. The third kappa shape index (κ3) is 3.97. The molecule has 0 saturated carbocycles. The number of likely N-dealkylation sites (tertiary alicyclic amines) is 1. The molecule has 0 aromatic heterocycles. The molecule has 0 aliphatic carbocycles. The van der Waals surface area contributed by atoms with Crippen LogP contribution in [0.4, 0.5) is 0 Å². The molecule has 0 spiro atoms. The van der Waals surface area contributed by atoms with Crippen LogP contribution in [0.3, 0.4) is 0 Å². The smallest absolute Gasteiger partial charge is 0.327 e. The number of fused-ring (bicyclic) bond motifs is 1. The number of carboxylic acids is 1. The molecule has 2 saturated heterocycles. The van der Waals surface area contributed by atoms with Gasteiger partial charge in [-0.3, -0.25) is 24.6 Å². The number of aliphatic hydroxyl groups is 1. The molecule has 8 nitrogen and oxygen atoms in total. The van der Waals surface area contributed by atoms with Crippen LogP contribution in [0.15, 0.2) is 36.4 Å². The second-order valence-electron chi connectivity index (χ2n) is 8.03. The van der Waals surface area contributed by atoms with E-state index in [0.29, 0.717) is 17.7 Å². The van der Waals surface area contributed by atoms with Crippen LogP contribution in [0.25, 0.3) is 0 Å². The van der Waals surface area contributed by atoms with Crippen molar-refractivity contribution in [2.45, 2.75) is 44.2 Å². The summed E-state index contributed by atoms with van der Waals surface area (Å²) in [5.41, 5.74) is -1.35. The van der Waals surface area contributed by atoms with Crippen LogP contribution in [0.2, 0.25) is 0 Å². The number of nitrogens with zero attached hydrogens (tertiary/aromatic N) is 1. The number of hydrogen-bond donors (Lipinski definition) is 3. The molecular formula is C23H30N2O6. The maximum atomic E-state index is 13.3. The molecule has 0 bridgehead atoms. The molecule has 168 valence electrons. The summed E-state index contributed by atoms with van der Waals surface area (Å²) in [6.45, 7) is 1.49. The number of aliphatic hydroxyl groups excluding tert-OH is 1. The van der Waals surface area contributed by atoms with Gasteiger partial charge in [-0.2, -0.15) is 0 Å². The van der Waals surface area contributed by atoms with Gasteiger partial charge in [0.05, 0.1) is 25.6 Å². The van der Waals surface area contributed by atoms with Gasteiger partial charge in [-0.15, -0.1) is 0 Å². The number of carbonyl (C=O) groups excluding carboxylic acids is 2. The van der Waals surface area contributed by atoms with Crippen LogP contribution < -0.4 is 10.1 Å². The zero-order valence-corrected chi connectivity index (χ0v) is 17.9. The number of amides is 2. The quantitative estimate of drug-likeness (QED) is 0.295. The average molecular weight is 431 g/mol. The molecule has 31 heavy (non-hydrogen) atoms. The fourth-order valence-corrected chi connectivity index (χ4v) is 4.64. The van der Waals surface area contributed by atoms with E-state index < -0.39 is 47.8 Å². The van der Waals surface area contributed by atoms with E-state index in [9.17, 15) is 24.6 Å². The first-order chi connectivity index (χ1) is 14.9. The van der Waals surface area contributed by atoms with Gasteiger partial charge < -0.3 is 14.9 Å². The Morgan fingerprint density at radius 1 is 1.23 bits per heavy atom. The normalized spacial score (nSPS) is 27.8. The lowest BCUT2D eigenvalue weighted by Gasteiger charge is -2.29. The zero-order chi connectivity index (χ0) is 22.6. The van der Waals surface area contributed by atoms with Gasteiger partial charge in [-0.05, 0) is 18.9 Å². The molecule has 4 unspecified atom stereocenters. The van der Waals surface area contributed by atoms with Crippen LogP contribution in [-0.2, 0) is 14.4 Å². The average Bonchev–Trinajstić information content (AvgIpc) is 3.25. The van der Waals surface area contributed by atoms with Crippen LogP contribution >= 0.6 is 0 Å². The van der Waals surface area contributed by atoms with Crippen molar-refractivity contribution in [2.75, 3.05) is 20.3 Å². The van der Waals surface area contributed by atoms with Gasteiger partial charge >= 0.3 is 5.97 Å². The first-order valence-electron chi connectivity index (χ1n) is 10.7. The molecule has 2 heterocycles. The second kappa shape index (κ2) is 9.62. The highest BCUT2D eigenvalue weighted by atomic mass is 16.5. The molecule has 0 radical (unpaired) electrons. The third-order valence-electron chi connectivity index (χ3n) is 6.26. The molecule has 1 aromatic rings. The molecule has 2 aliphatic heterocycles. The fourth-order valence-electron chi connectivity index (χ4n) is 4.64. The van der Waals surface area contributed by atoms with Gasteiger partial charge in [0.2, 0.25) is 11.8 Å². The van der Waals surface area contributed by atoms with Gasteiger partial charge in [-0.25, -0.2) is 0 Å². The summed E-state index contributed by atoms with van der Waals surface area (Å²) in [4.78, 5) is 39.9. The lowest BCUT2D eigenvalue weighted by atomic mass is 9.79. The minimum atomic E-state index is -1.94. The van der Waals surface area contributed by atoms with E-state index in [-0.39, 0.29) is 6.54 Å². The fraction of sp³-hybridized carbons (Fsp3) is 0.522. The topological polar surface area (TPSA) is 116 Å². The summed E-state index contributed by atoms with van der Waals surface area (Å²) < 4.78 is 5.40. The maximum absolute atomic E-state index is 13.3. The van der Waals surface area contributed by atoms with Crippen molar-refractivity contribution in [1.29, 1.82) is 0 Å². The lowest BCUT2D eigenvalue weighted by molar-refractivity contribution is -0.153. The Morgan fingerprint density at radius 2 is 1.94 bits per heavy atom. The molecular weight excluding hydrogens is 400 g/mol. The minimum Gasteiger partial charge on any atom is -0.496 e. The van der Waals surface area contributed by atoms with E-state index in [1.54, 1.807) is 24.3 Å². The number of benzene rings is 1. The maximum Gasteiger partial charge on any atom is 0.327 e. The number of methoxy groups -OCH3 is 1. The summed E-state index contributed by atoms with van der Waals surface area (Å²) in [6.07, 6.45) is 7.59. The number of rotatable bonds is 10. The standard InChI is InChI=1S/C23H30N2O6/c1-3-4-5-6-7-10-13-25-20(27)17-18(21(25)28)23(14-26,22(29)30)24-19(17)15-11-8-9-12-16(15)31-2/h6-9,11-12,17-19,24,26H,3-5,10,13-14H2,1-2H3,(H,29,30). The van der Waals surface area contributed by atoms with E-state index in [0.717, 1.165) is 24.2 Å². The number of unbranched alkanes of at least 4 members (excludes halogenated alkanes) is 2. The van der Waals surface area contributed by atoms with E-state index in [2.05, 4.69) is 12.2 Å². The molecule has 2 fully saturated rings. The van der Waals surface area contributed by atoms with Crippen LogP contribution in [0.5, 0.6) is 5.75 Å². The molecule has 8 heteroatoms. The van der Waals surface area contributed by atoms with Crippen molar-refractivity contribution in [1.82, 2.24) is 10.2 Å². The van der Waals surface area contributed by atoms with Gasteiger partial charge in [0.1, 0.15) is 5.75 Å². The number of ether oxygens (including phenoxy) is 1. The summed E-state index contributed by atoms with van der Waals surface area (Å²) in [6, 6.07) is 6.20. The van der Waals surface area contributed by atoms with Gasteiger partial charge in [0.15, 0.2) is 5.54 Å². The van der Waals surface area contributed by atoms with Gasteiger partial charge in [0, 0.05) is 18.2 Å². The first-order valence-corrected chi connectivity index (χ1v) is 10.7. The summed E-state index contributed by atoms with van der Waals surface area (Å²) in [5.74, 6) is -3.98. The van der Waals surface area contributed by atoms with E-state index in [1.165, 1.54) is 7.11 Å². The summed E-state index contributed by atoms with van der Waals surface area (Å²) in [7, 11) is 1.49. The number of nitrogens with one attached hydrogen (secondary N) is 1. The largest absolute Gasteiger partial charge is 0.496 e. The van der Waals surface area contributed by atoms with Crippen molar-refractivity contribution in [3.8, 4) is 5.75 Å². The van der Waals surface area contributed by atoms with Crippen LogP contribution in [-0.4, -0.2) is 58.7 Å². The van der Waals surface area contributed by atoms with Gasteiger partial charge in [-0.1, -0.05) is 50.1 Å². The molecule has 4 atom stereocenters. The predicted octanol–water partition coefficient (Wildman–Crippen LogP) is 1.89. The predicted molar refractivity (Wildman–Crippen MR) is 113 cm³/mol. The van der Waals surface area contributed by atoms with Crippen molar-refractivity contribution >= 4 is 17.8 Å². The Labute approximate surface area is 181 Å². The number of allylic oxidation sites excluding steroid dienone is 1. The van der Waals surface area contributed by atoms with Crippen LogP contribution in [0, 0.1) is 11.8 Å². The summed E-state index contributed by atoms with van der Waals surface area (Å²) in [5, 5.41) is 22.9. The SMILES string of the molecule is CCCCC=CCCN1C(=O)C2C(c3ccccc3OC)NC(CO)(C(=O)O)C2C1=O. The molecule has 3 N–H and O–H groups in total. The third-order valence-corrected chi connectivity index (χ3v) is 6.26. The van der Waals surface area contributed by atoms with Crippen molar-refractivity contribution in [2.24, 2.45) is 11.8 Å². The lowest BCUT2D eigenvalue weighted by Crippen LogP contribution is -2.58. The molecule has 2 aliphatic rings. The highest BCUT2D eigenvalue weighted by molar-refractivity contribution is 6.09. The second-order valence-corrected chi connectivity index (χ2v) is 8.03. The Balaban J connectivity index is 1.93. The molecule has 3 rings (SSSR count). The zero-order valence-electron chi connectivity index (χ0n) is 17.9. The molecule has 2 amide bonds. The first kappa shape index (κ1) is 23.0. The number of imide groups is 1. The Morgan fingerprint density at radius 3 is 2.58 bits per heavy atom. The highest BCUT2D eigenvalue weighted by Gasteiger charge is 2.68. The summed E-state index contributed by atoms with van der Waals surface area (Å²) >= 11 is 0. The van der Waals surface area contributed by atoms with Crippen LogP contribution in [0.1, 0.15) is 44.2 Å². The van der Waals surface area contributed by atoms with E-state index in [4.69, 9.17) is 4.74 Å². The monoisotopic (exact) mass is 430 g/mol. The number of carbonyl (C=O) groups is 3. The van der Waals surface area contributed by atoms with Crippen molar-refractivity contribution in [3.63, 3.8) is 0 Å². The Bertz CT molecular complexity index is 869. The number of aliphatic carboxylic acids is 1. The minimum absolute atomic E-state index is 0.188. The number of carboxylic acid groups (broad SMARTS) is 1.